The molecule has 1 fully saturated rings. The van der Waals surface area contributed by atoms with Crippen molar-refractivity contribution in [2.75, 3.05) is 33.3 Å². The van der Waals surface area contributed by atoms with Gasteiger partial charge in [-0.25, -0.2) is 4.98 Å². The molecule has 0 unspecified atom stereocenters. The Bertz CT molecular complexity index is 1040. The SMILES string of the molecule is COc1ccc(C(=O)N2CCN(C(=O)c3sc(-c4ccccc4)nc3C)CC2)cc1. The zero-order chi connectivity index (χ0) is 21.1. The molecule has 4 rings (SSSR count). The van der Waals surface area contributed by atoms with Crippen LogP contribution in [0.15, 0.2) is 54.6 Å². The summed E-state index contributed by atoms with van der Waals surface area (Å²) in [6.45, 7) is 3.93. The number of ether oxygens (including phenoxy) is 1. The Balaban J connectivity index is 1.41. The van der Waals surface area contributed by atoms with Crippen LogP contribution in [0.4, 0.5) is 0 Å². The van der Waals surface area contributed by atoms with Crippen molar-refractivity contribution in [1.82, 2.24) is 14.8 Å². The number of carbonyl (C=O) groups excluding carboxylic acids is 2. The number of amides is 2. The second-order valence-corrected chi connectivity index (χ2v) is 8.11. The van der Waals surface area contributed by atoms with Crippen LogP contribution < -0.4 is 4.74 Å². The monoisotopic (exact) mass is 421 g/mol. The van der Waals surface area contributed by atoms with E-state index in [4.69, 9.17) is 4.74 Å². The maximum atomic E-state index is 13.1. The number of nitrogens with zero attached hydrogens (tertiary/aromatic N) is 3. The van der Waals surface area contributed by atoms with Crippen LogP contribution in [0.2, 0.25) is 0 Å². The van der Waals surface area contributed by atoms with Gasteiger partial charge in [0.25, 0.3) is 11.8 Å². The van der Waals surface area contributed by atoms with Crippen molar-refractivity contribution in [3.8, 4) is 16.3 Å². The maximum absolute atomic E-state index is 13.1. The average molecular weight is 422 g/mol. The van der Waals surface area contributed by atoms with E-state index in [2.05, 4.69) is 4.98 Å². The standard InChI is InChI=1S/C23H23N3O3S/c1-16-20(30-21(24-16)17-6-4-3-5-7-17)23(28)26-14-12-25(13-15-26)22(27)18-8-10-19(29-2)11-9-18/h3-11H,12-15H2,1-2H3. The van der Waals surface area contributed by atoms with E-state index >= 15 is 0 Å². The highest BCUT2D eigenvalue weighted by molar-refractivity contribution is 7.17. The Hall–Kier alpha value is -3.19. The molecule has 6 nitrogen and oxygen atoms in total. The minimum Gasteiger partial charge on any atom is -0.497 e. The van der Waals surface area contributed by atoms with Crippen LogP contribution in [0.1, 0.15) is 25.7 Å². The van der Waals surface area contributed by atoms with Crippen LogP contribution in [-0.4, -0.2) is 59.9 Å². The molecule has 1 aliphatic heterocycles. The maximum Gasteiger partial charge on any atom is 0.265 e. The average Bonchev–Trinajstić information content (AvgIpc) is 3.20. The van der Waals surface area contributed by atoms with Gasteiger partial charge in [-0.15, -0.1) is 11.3 Å². The van der Waals surface area contributed by atoms with Crippen molar-refractivity contribution in [3.05, 3.63) is 70.7 Å². The molecule has 2 aromatic carbocycles. The van der Waals surface area contributed by atoms with Crippen LogP contribution in [0.5, 0.6) is 5.75 Å². The Morgan fingerprint density at radius 1 is 0.900 bits per heavy atom. The van der Waals surface area contributed by atoms with Gasteiger partial charge in [0.05, 0.1) is 12.8 Å². The number of hydrogen-bond donors (Lipinski definition) is 0. The summed E-state index contributed by atoms with van der Waals surface area (Å²) < 4.78 is 5.14. The Morgan fingerprint density at radius 3 is 2.10 bits per heavy atom. The third kappa shape index (κ3) is 4.07. The third-order valence-electron chi connectivity index (χ3n) is 5.20. The van der Waals surface area contributed by atoms with Gasteiger partial charge < -0.3 is 14.5 Å². The normalized spacial score (nSPS) is 13.9. The smallest absolute Gasteiger partial charge is 0.265 e. The lowest BCUT2D eigenvalue weighted by molar-refractivity contribution is 0.0537. The molecule has 2 heterocycles. The van der Waals surface area contributed by atoms with Crippen molar-refractivity contribution in [3.63, 3.8) is 0 Å². The molecule has 0 atom stereocenters. The van der Waals surface area contributed by atoms with Gasteiger partial charge in [0.1, 0.15) is 15.6 Å². The fourth-order valence-electron chi connectivity index (χ4n) is 3.47. The molecule has 0 bridgehead atoms. The van der Waals surface area contributed by atoms with Crippen LogP contribution >= 0.6 is 11.3 Å². The number of aryl methyl sites for hydroxylation is 1. The van der Waals surface area contributed by atoms with Crippen molar-refractivity contribution in [2.45, 2.75) is 6.92 Å². The molecule has 7 heteroatoms. The van der Waals surface area contributed by atoms with Crippen molar-refractivity contribution in [2.24, 2.45) is 0 Å². The summed E-state index contributed by atoms with van der Waals surface area (Å²) in [6.07, 6.45) is 0. The van der Waals surface area contributed by atoms with Gasteiger partial charge in [-0.05, 0) is 31.2 Å². The van der Waals surface area contributed by atoms with Crippen LogP contribution in [0.25, 0.3) is 10.6 Å². The summed E-state index contributed by atoms with van der Waals surface area (Å²) in [5.41, 5.74) is 2.39. The summed E-state index contributed by atoms with van der Waals surface area (Å²) in [4.78, 5) is 34.7. The Morgan fingerprint density at radius 2 is 1.50 bits per heavy atom. The lowest BCUT2D eigenvalue weighted by Crippen LogP contribution is -2.50. The summed E-state index contributed by atoms with van der Waals surface area (Å²) >= 11 is 1.43. The van der Waals surface area contributed by atoms with Gasteiger partial charge >= 0.3 is 0 Å². The molecule has 154 valence electrons. The Kier molecular flexibility index (Phi) is 5.81. The van der Waals surface area contributed by atoms with Gasteiger partial charge in [-0.1, -0.05) is 30.3 Å². The van der Waals surface area contributed by atoms with Gasteiger partial charge in [-0.2, -0.15) is 0 Å². The molecule has 0 aliphatic carbocycles. The van der Waals surface area contributed by atoms with Crippen LogP contribution in [0, 0.1) is 6.92 Å². The van der Waals surface area contributed by atoms with Crippen molar-refractivity contribution >= 4 is 23.2 Å². The van der Waals surface area contributed by atoms with Crippen molar-refractivity contribution < 1.29 is 14.3 Å². The lowest BCUT2D eigenvalue weighted by atomic mass is 10.1. The highest BCUT2D eigenvalue weighted by Crippen LogP contribution is 2.29. The first kappa shape index (κ1) is 20.1. The minimum atomic E-state index is -0.0231. The molecule has 1 aliphatic rings. The Labute approximate surface area is 179 Å². The molecule has 1 aromatic heterocycles. The van der Waals surface area contributed by atoms with E-state index in [0.717, 1.165) is 22.0 Å². The van der Waals surface area contributed by atoms with Crippen molar-refractivity contribution in [1.29, 1.82) is 0 Å². The first-order valence-corrected chi connectivity index (χ1v) is 10.6. The number of benzene rings is 2. The fraction of sp³-hybridized carbons (Fsp3) is 0.261. The van der Waals surface area contributed by atoms with Gasteiger partial charge in [0.2, 0.25) is 0 Å². The second-order valence-electron chi connectivity index (χ2n) is 7.11. The quantitative estimate of drug-likeness (QED) is 0.644. The lowest BCUT2D eigenvalue weighted by Gasteiger charge is -2.34. The molecule has 0 radical (unpaired) electrons. The zero-order valence-electron chi connectivity index (χ0n) is 17.0. The first-order chi connectivity index (χ1) is 14.6. The fourth-order valence-corrected chi connectivity index (χ4v) is 4.51. The van der Waals surface area contributed by atoms with Crippen LogP contribution in [0.3, 0.4) is 0 Å². The van der Waals surface area contributed by atoms with E-state index in [0.29, 0.717) is 36.6 Å². The molecule has 2 amide bonds. The van der Waals surface area contributed by atoms with Crippen LogP contribution in [-0.2, 0) is 0 Å². The summed E-state index contributed by atoms with van der Waals surface area (Å²) in [5, 5.41) is 0.852. The van der Waals surface area contributed by atoms with Gasteiger partial charge in [0, 0.05) is 37.3 Å². The molecule has 0 spiro atoms. The topological polar surface area (TPSA) is 62.7 Å². The second kappa shape index (κ2) is 8.67. The molecule has 3 aromatic rings. The summed E-state index contributed by atoms with van der Waals surface area (Å²) in [6, 6.07) is 17.0. The summed E-state index contributed by atoms with van der Waals surface area (Å²) in [7, 11) is 1.60. The zero-order valence-corrected chi connectivity index (χ0v) is 17.8. The minimum absolute atomic E-state index is 0.0104. The third-order valence-corrected chi connectivity index (χ3v) is 6.40. The molecule has 1 saturated heterocycles. The van der Waals surface area contributed by atoms with E-state index in [1.54, 1.807) is 36.3 Å². The van der Waals surface area contributed by atoms with E-state index < -0.39 is 0 Å². The highest BCUT2D eigenvalue weighted by atomic mass is 32.1. The van der Waals surface area contributed by atoms with Gasteiger partial charge in [-0.3, -0.25) is 9.59 Å². The van der Waals surface area contributed by atoms with E-state index in [1.165, 1.54) is 11.3 Å². The van der Waals surface area contributed by atoms with Gasteiger partial charge in [0.15, 0.2) is 0 Å². The van der Waals surface area contributed by atoms with E-state index in [9.17, 15) is 9.59 Å². The number of rotatable bonds is 4. The first-order valence-electron chi connectivity index (χ1n) is 9.82. The number of piperazine rings is 1. The summed E-state index contributed by atoms with van der Waals surface area (Å²) in [5.74, 6) is 0.686. The predicted octanol–water partition coefficient (Wildman–Crippen LogP) is 3.73. The largest absolute Gasteiger partial charge is 0.497 e. The number of methoxy groups -OCH3 is 1. The molecule has 30 heavy (non-hydrogen) atoms. The predicted molar refractivity (Wildman–Crippen MR) is 117 cm³/mol. The molecular formula is C23H23N3O3S. The number of carbonyl (C=O) groups is 2. The molecular weight excluding hydrogens is 398 g/mol. The highest BCUT2D eigenvalue weighted by Gasteiger charge is 2.28. The molecule has 0 N–H and O–H groups in total. The van der Waals surface area contributed by atoms with E-state index in [-0.39, 0.29) is 11.8 Å². The number of thiazole rings is 1. The molecule has 0 saturated carbocycles. The number of aromatic nitrogens is 1. The van der Waals surface area contributed by atoms with E-state index in [1.807, 2.05) is 42.2 Å². The number of hydrogen-bond acceptors (Lipinski definition) is 5.